The molecule has 110 valence electrons. The van der Waals surface area contributed by atoms with Gasteiger partial charge in [-0.3, -0.25) is 4.79 Å². The molecule has 0 amide bonds. The van der Waals surface area contributed by atoms with Gasteiger partial charge in [-0.05, 0) is 48.4 Å². The van der Waals surface area contributed by atoms with Crippen LogP contribution in [-0.2, 0) is 4.79 Å². The second kappa shape index (κ2) is 5.86. The number of rotatable bonds is 3. The first-order valence-electron chi connectivity index (χ1n) is 7.30. The van der Waals surface area contributed by atoms with Crippen LogP contribution in [0.25, 0.3) is 0 Å². The van der Waals surface area contributed by atoms with Crippen LogP contribution in [0.1, 0.15) is 40.0 Å². The monoisotopic (exact) mass is 276 g/mol. The molecule has 0 heterocycles. The molecule has 1 aromatic rings. The number of esters is 1. The molecule has 1 aliphatic rings. The maximum Gasteiger partial charge on any atom is 0.315 e. The second-order valence-corrected chi connectivity index (χ2v) is 6.43. The lowest BCUT2D eigenvalue weighted by molar-refractivity contribution is -0.147. The zero-order valence-corrected chi connectivity index (χ0v) is 12.8. The van der Waals surface area contributed by atoms with Gasteiger partial charge in [0.25, 0.3) is 0 Å². The first kappa shape index (κ1) is 14.9. The first-order chi connectivity index (χ1) is 9.44. The quantitative estimate of drug-likeness (QED) is 0.617. The highest BCUT2D eigenvalue weighted by Crippen LogP contribution is 2.44. The van der Waals surface area contributed by atoms with E-state index in [0.717, 1.165) is 18.6 Å². The molecule has 0 spiro atoms. The molecule has 0 bridgehead atoms. The molecule has 20 heavy (non-hydrogen) atoms. The van der Waals surface area contributed by atoms with Gasteiger partial charge >= 0.3 is 5.97 Å². The van der Waals surface area contributed by atoms with Crippen LogP contribution in [0.15, 0.2) is 24.3 Å². The van der Waals surface area contributed by atoms with Crippen molar-refractivity contribution in [3.8, 4) is 11.5 Å². The molecule has 0 aromatic heterocycles. The highest BCUT2D eigenvalue weighted by atomic mass is 16.5. The molecule has 2 rings (SSSR count). The molecular weight excluding hydrogens is 252 g/mol. The Balaban J connectivity index is 2.09. The van der Waals surface area contributed by atoms with E-state index < -0.39 is 0 Å². The van der Waals surface area contributed by atoms with Gasteiger partial charge in [-0.15, -0.1) is 0 Å². The largest absolute Gasteiger partial charge is 0.497 e. The number of hydrogen-bond acceptors (Lipinski definition) is 3. The van der Waals surface area contributed by atoms with E-state index >= 15 is 0 Å². The average Bonchev–Trinajstić information content (AvgIpc) is 2.38. The predicted molar refractivity (Wildman–Crippen MR) is 78.9 cm³/mol. The van der Waals surface area contributed by atoms with E-state index in [1.54, 1.807) is 31.4 Å². The highest BCUT2D eigenvalue weighted by Gasteiger charge is 2.42. The Morgan fingerprint density at radius 1 is 1.20 bits per heavy atom. The van der Waals surface area contributed by atoms with Crippen LogP contribution in [0.2, 0.25) is 0 Å². The lowest BCUT2D eigenvalue weighted by Gasteiger charge is -2.40. The van der Waals surface area contributed by atoms with Gasteiger partial charge in [0.15, 0.2) is 0 Å². The molecule has 2 atom stereocenters. The van der Waals surface area contributed by atoms with Crippen LogP contribution < -0.4 is 9.47 Å². The summed E-state index contributed by atoms with van der Waals surface area (Å²) in [6.45, 7) is 6.49. The SMILES string of the molecule is COc1ccc(OC(=O)C2C(C)CCCC2(C)C)cc1. The minimum absolute atomic E-state index is 0.0151. The zero-order chi connectivity index (χ0) is 14.8. The van der Waals surface area contributed by atoms with E-state index in [4.69, 9.17) is 9.47 Å². The molecule has 1 saturated carbocycles. The van der Waals surface area contributed by atoms with Crippen LogP contribution in [0, 0.1) is 17.3 Å². The van der Waals surface area contributed by atoms with Crippen molar-refractivity contribution in [3.05, 3.63) is 24.3 Å². The molecule has 0 radical (unpaired) electrons. The van der Waals surface area contributed by atoms with Gasteiger partial charge in [0.1, 0.15) is 11.5 Å². The highest BCUT2D eigenvalue weighted by molar-refractivity contribution is 5.76. The molecule has 2 unspecified atom stereocenters. The van der Waals surface area contributed by atoms with E-state index in [-0.39, 0.29) is 17.3 Å². The molecule has 3 heteroatoms. The Bertz CT molecular complexity index is 462. The maximum atomic E-state index is 12.5. The smallest absolute Gasteiger partial charge is 0.315 e. The lowest BCUT2D eigenvalue weighted by Crippen LogP contribution is -2.41. The molecule has 1 fully saturated rings. The number of carbonyl (C=O) groups is 1. The summed E-state index contributed by atoms with van der Waals surface area (Å²) < 4.78 is 10.7. The summed E-state index contributed by atoms with van der Waals surface area (Å²) in [4.78, 5) is 12.5. The van der Waals surface area contributed by atoms with Crippen molar-refractivity contribution in [2.75, 3.05) is 7.11 Å². The summed E-state index contributed by atoms with van der Waals surface area (Å²) in [6.07, 6.45) is 3.38. The lowest BCUT2D eigenvalue weighted by atomic mass is 9.64. The van der Waals surface area contributed by atoms with Crippen LogP contribution >= 0.6 is 0 Å². The Morgan fingerprint density at radius 3 is 2.35 bits per heavy atom. The van der Waals surface area contributed by atoms with Gasteiger partial charge in [0.2, 0.25) is 0 Å². The summed E-state index contributed by atoms with van der Waals surface area (Å²) >= 11 is 0. The van der Waals surface area contributed by atoms with Gasteiger partial charge in [0.05, 0.1) is 13.0 Å². The summed E-state index contributed by atoms with van der Waals surface area (Å²) in [5.41, 5.74) is 0.0151. The molecular formula is C17H24O3. The predicted octanol–water partition coefficient (Wildman–Crippen LogP) is 4.06. The van der Waals surface area contributed by atoms with E-state index in [1.165, 1.54) is 6.42 Å². The normalized spacial score (nSPS) is 25.0. The van der Waals surface area contributed by atoms with Crippen molar-refractivity contribution in [2.45, 2.75) is 40.0 Å². The first-order valence-corrected chi connectivity index (χ1v) is 7.30. The summed E-state index contributed by atoms with van der Waals surface area (Å²) in [5.74, 6) is 1.59. The van der Waals surface area contributed by atoms with Crippen LogP contribution in [0.3, 0.4) is 0 Å². The van der Waals surface area contributed by atoms with E-state index in [0.29, 0.717) is 11.7 Å². The third-order valence-corrected chi connectivity index (χ3v) is 4.42. The summed E-state index contributed by atoms with van der Waals surface area (Å²) in [7, 11) is 1.62. The van der Waals surface area contributed by atoms with Crippen molar-refractivity contribution in [2.24, 2.45) is 17.3 Å². The van der Waals surface area contributed by atoms with Crippen molar-refractivity contribution in [3.63, 3.8) is 0 Å². The topological polar surface area (TPSA) is 35.5 Å². The van der Waals surface area contributed by atoms with Gasteiger partial charge in [-0.2, -0.15) is 0 Å². The van der Waals surface area contributed by atoms with Crippen LogP contribution in [0.5, 0.6) is 11.5 Å². The minimum atomic E-state index is -0.104. The fraction of sp³-hybridized carbons (Fsp3) is 0.588. The maximum absolute atomic E-state index is 12.5. The van der Waals surface area contributed by atoms with Crippen molar-refractivity contribution >= 4 is 5.97 Å². The van der Waals surface area contributed by atoms with Crippen LogP contribution in [0.4, 0.5) is 0 Å². The fourth-order valence-electron chi connectivity index (χ4n) is 3.35. The second-order valence-electron chi connectivity index (χ2n) is 6.43. The third-order valence-electron chi connectivity index (χ3n) is 4.42. The van der Waals surface area contributed by atoms with Gasteiger partial charge in [0, 0.05) is 0 Å². The average molecular weight is 276 g/mol. The van der Waals surface area contributed by atoms with Gasteiger partial charge in [-0.1, -0.05) is 27.2 Å². The van der Waals surface area contributed by atoms with Gasteiger partial charge < -0.3 is 9.47 Å². The summed E-state index contributed by atoms with van der Waals surface area (Å²) in [5, 5.41) is 0. The number of carbonyl (C=O) groups excluding carboxylic acids is 1. The molecule has 0 saturated heterocycles. The Hall–Kier alpha value is -1.51. The Kier molecular flexibility index (Phi) is 4.36. The third kappa shape index (κ3) is 3.14. The Morgan fingerprint density at radius 2 is 1.80 bits per heavy atom. The molecule has 1 aromatic carbocycles. The van der Waals surface area contributed by atoms with Crippen molar-refractivity contribution < 1.29 is 14.3 Å². The zero-order valence-electron chi connectivity index (χ0n) is 12.8. The standard InChI is InChI=1S/C17H24O3/c1-12-6-5-11-17(2,3)15(12)16(18)20-14-9-7-13(19-4)8-10-14/h7-10,12,15H,5-6,11H2,1-4H3. The molecule has 1 aliphatic carbocycles. The number of ether oxygens (including phenoxy) is 2. The Labute approximate surface area is 121 Å². The van der Waals surface area contributed by atoms with E-state index in [1.807, 2.05) is 0 Å². The molecule has 0 aliphatic heterocycles. The fourth-order valence-corrected chi connectivity index (χ4v) is 3.35. The minimum Gasteiger partial charge on any atom is -0.497 e. The summed E-state index contributed by atoms with van der Waals surface area (Å²) in [6, 6.07) is 7.16. The van der Waals surface area contributed by atoms with Crippen LogP contribution in [-0.4, -0.2) is 13.1 Å². The molecule has 0 N–H and O–H groups in total. The number of benzene rings is 1. The van der Waals surface area contributed by atoms with Crippen molar-refractivity contribution in [1.82, 2.24) is 0 Å². The number of hydrogen-bond donors (Lipinski definition) is 0. The van der Waals surface area contributed by atoms with Gasteiger partial charge in [-0.25, -0.2) is 0 Å². The van der Waals surface area contributed by atoms with E-state index in [2.05, 4.69) is 20.8 Å². The number of methoxy groups -OCH3 is 1. The van der Waals surface area contributed by atoms with Crippen molar-refractivity contribution in [1.29, 1.82) is 0 Å². The van der Waals surface area contributed by atoms with E-state index in [9.17, 15) is 4.79 Å². The molecule has 3 nitrogen and oxygen atoms in total.